The molecule has 0 spiro atoms. The fourth-order valence-corrected chi connectivity index (χ4v) is 1.96. The Morgan fingerprint density at radius 2 is 1.73 bits per heavy atom. The molecule has 2 heteroatoms. The average Bonchev–Trinajstić information content (AvgIpc) is 2.11. The van der Waals surface area contributed by atoms with Crippen LogP contribution < -0.4 is 0 Å². The molecule has 0 aromatic heterocycles. The van der Waals surface area contributed by atoms with E-state index in [1.807, 2.05) is 6.92 Å². The van der Waals surface area contributed by atoms with Crippen LogP contribution in [0.15, 0.2) is 0 Å². The van der Waals surface area contributed by atoms with Crippen LogP contribution in [0.5, 0.6) is 0 Å². The number of ether oxygens (including phenoxy) is 1. The molecular weight excluding hydrogens is 188 g/mol. The predicted molar refractivity (Wildman–Crippen MR) is 64.9 cm³/mol. The van der Waals surface area contributed by atoms with E-state index < -0.39 is 0 Å². The summed E-state index contributed by atoms with van der Waals surface area (Å²) < 4.78 is 5.69. The largest absolute Gasteiger partial charge is 0.390 e. The Morgan fingerprint density at radius 3 is 2.07 bits per heavy atom. The molecule has 15 heavy (non-hydrogen) atoms. The average molecular weight is 216 g/mol. The minimum Gasteiger partial charge on any atom is -0.390 e. The van der Waals surface area contributed by atoms with E-state index in [0.29, 0.717) is 12.5 Å². The van der Waals surface area contributed by atoms with Crippen molar-refractivity contribution in [3.05, 3.63) is 0 Å². The van der Waals surface area contributed by atoms with Crippen LogP contribution >= 0.6 is 0 Å². The van der Waals surface area contributed by atoms with Crippen molar-refractivity contribution >= 4 is 0 Å². The molecule has 0 aliphatic heterocycles. The number of aliphatic hydroxyl groups is 1. The van der Waals surface area contributed by atoms with E-state index in [1.54, 1.807) is 0 Å². The van der Waals surface area contributed by atoms with Gasteiger partial charge in [0.25, 0.3) is 0 Å². The van der Waals surface area contributed by atoms with Gasteiger partial charge in [-0.2, -0.15) is 0 Å². The maximum Gasteiger partial charge on any atom is 0.0884 e. The van der Waals surface area contributed by atoms with Gasteiger partial charge in [0, 0.05) is 6.61 Å². The first kappa shape index (κ1) is 14.9. The molecule has 0 aromatic rings. The summed E-state index contributed by atoms with van der Waals surface area (Å²) in [4.78, 5) is 0. The Morgan fingerprint density at radius 1 is 1.20 bits per heavy atom. The first-order valence-electron chi connectivity index (χ1n) is 6.14. The standard InChI is InChI=1S/C13H28O2/c1-7-9-10(3)11(14)12(15-8-2)13(4,5)6/h10-12,14H,7-9H2,1-6H3. The Hall–Kier alpha value is -0.0800. The molecular formula is C13H28O2. The van der Waals surface area contributed by atoms with Gasteiger partial charge in [0.05, 0.1) is 12.2 Å². The maximum absolute atomic E-state index is 10.3. The van der Waals surface area contributed by atoms with Crippen molar-refractivity contribution in [1.29, 1.82) is 0 Å². The summed E-state index contributed by atoms with van der Waals surface area (Å²) >= 11 is 0. The highest BCUT2D eigenvalue weighted by molar-refractivity contribution is 4.84. The molecule has 0 rings (SSSR count). The molecule has 0 radical (unpaired) electrons. The summed E-state index contributed by atoms with van der Waals surface area (Å²) in [6.07, 6.45) is 1.75. The summed E-state index contributed by atoms with van der Waals surface area (Å²) in [6, 6.07) is 0. The van der Waals surface area contributed by atoms with Crippen LogP contribution in [0.4, 0.5) is 0 Å². The van der Waals surface area contributed by atoms with Gasteiger partial charge in [-0.25, -0.2) is 0 Å². The van der Waals surface area contributed by atoms with Gasteiger partial charge in [0.1, 0.15) is 0 Å². The van der Waals surface area contributed by atoms with E-state index in [2.05, 4.69) is 34.6 Å². The number of hydrogen-bond donors (Lipinski definition) is 1. The summed E-state index contributed by atoms with van der Waals surface area (Å²) in [5.41, 5.74) is -0.00255. The van der Waals surface area contributed by atoms with Gasteiger partial charge in [-0.05, 0) is 24.7 Å². The normalized spacial score (nSPS) is 18.6. The fraction of sp³-hybridized carbons (Fsp3) is 1.00. The van der Waals surface area contributed by atoms with E-state index in [0.717, 1.165) is 12.8 Å². The summed E-state index contributed by atoms with van der Waals surface area (Å²) in [7, 11) is 0. The number of rotatable bonds is 6. The van der Waals surface area contributed by atoms with Gasteiger partial charge < -0.3 is 9.84 Å². The molecule has 0 saturated heterocycles. The molecule has 92 valence electrons. The molecule has 0 aliphatic rings. The number of aliphatic hydroxyl groups excluding tert-OH is 1. The van der Waals surface area contributed by atoms with Crippen molar-refractivity contribution in [2.45, 2.75) is 66.6 Å². The van der Waals surface area contributed by atoms with E-state index in [1.165, 1.54) is 0 Å². The van der Waals surface area contributed by atoms with Gasteiger partial charge in [0.15, 0.2) is 0 Å². The van der Waals surface area contributed by atoms with Crippen LogP contribution in [0.2, 0.25) is 0 Å². The van der Waals surface area contributed by atoms with E-state index in [4.69, 9.17) is 4.74 Å². The molecule has 0 saturated carbocycles. The zero-order chi connectivity index (χ0) is 12.1. The second-order valence-electron chi connectivity index (χ2n) is 5.50. The molecule has 0 amide bonds. The summed E-state index contributed by atoms with van der Waals surface area (Å²) in [5.74, 6) is 0.311. The van der Waals surface area contributed by atoms with Gasteiger partial charge in [-0.1, -0.05) is 41.0 Å². The van der Waals surface area contributed by atoms with Crippen molar-refractivity contribution in [2.24, 2.45) is 11.3 Å². The molecule has 0 bridgehead atoms. The second-order valence-corrected chi connectivity index (χ2v) is 5.50. The molecule has 0 heterocycles. The molecule has 2 nitrogen and oxygen atoms in total. The third-order valence-corrected chi connectivity index (χ3v) is 2.84. The third-order valence-electron chi connectivity index (χ3n) is 2.84. The third kappa shape index (κ3) is 4.98. The molecule has 0 aromatic carbocycles. The van der Waals surface area contributed by atoms with E-state index in [9.17, 15) is 5.11 Å². The van der Waals surface area contributed by atoms with Crippen molar-refractivity contribution < 1.29 is 9.84 Å². The van der Waals surface area contributed by atoms with Crippen LogP contribution in [0.1, 0.15) is 54.4 Å². The van der Waals surface area contributed by atoms with Crippen LogP contribution in [-0.2, 0) is 4.74 Å². The van der Waals surface area contributed by atoms with Crippen molar-refractivity contribution in [2.75, 3.05) is 6.61 Å². The van der Waals surface area contributed by atoms with Crippen LogP contribution in [0.25, 0.3) is 0 Å². The van der Waals surface area contributed by atoms with Crippen molar-refractivity contribution in [1.82, 2.24) is 0 Å². The molecule has 0 fully saturated rings. The Balaban J connectivity index is 4.47. The van der Waals surface area contributed by atoms with Gasteiger partial charge >= 0.3 is 0 Å². The Kier molecular flexibility index (Phi) is 6.46. The Labute approximate surface area is 95.0 Å². The van der Waals surface area contributed by atoms with E-state index in [-0.39, 0.29) is 17.6 Å². The second kappa shape index (κ2) is 6.49. The Bertz CT molecular complexity index is 160. The van der Waals surface area contributed by atoms with Gasteiger partial charge in [-0.15, -0.1) is 0 Å². The zero-order valence-electron chi connectivity index (χ0n) is 11.2. The minimum atomic E-state index is -0.357. The fourth-order valence-electron chi connectivity index (χ4n) is 1.96. The van der Waals surface area contributed by atoms with Gasteiger partial charge in [0.2, 0.25) is 0 Å². The number of hydrogen-bond acceptors (Lipinski definition) is 2. The molecule has 3 atom stereocenters. The topological polar surface area (TPSA) is 29.5 Å². The molecule has 0 aliphatic carbocycles. The summed E-state index contributed by atoms with van der Waals surface area (Å²) in [5, 5.41) is 10.3. The smallest absolute Gasteiger partial charge is 0.0884 e. The lowest BCUT2D eigenvalue weighted by Crippen LogP contribution is -2.43. The highest BCUT2D eigenvalue weighted by Crippen LogP contribution is 2.29. The minimum absolute atomic E-state index is 0.00255. The molecule has 3 unspecified atom stereocenters. The van der Waals surface area contributed by atoms with Crippen LogP contribution in [0.3, 0.4) is 0 Å². The van der Waals surface area contributed by atoms with Crippen molar-refractivity contribution in [3.8, 4) is 0 Å². The first-order chi connectivity index (χ1) is 6.84. The monoisotopic (exact) mass is 216 g/mol. The lowest BCUT2D eigenvalue weighted by molar-refractivity contribution is -0.106. The zero-order valence-corrected chi connectivity index (χ0v) is 11.2. The van der Waals surface area contributed by atoms with Crippen LogP contribution in [-0.4, -0.2) is 23.9 Å². The van der Waals surface area contributed by atoms with Crippen molar-refractivity contribution in [3.63, 3.8) is 0 Å². The SMILES string of the molecule is CCCC(C)C(O)C(OCC)C(C)(C)C. The van der Waals surface area contributed by atoms with Crippen LogP contribution in [0, 0.1) is 11.3 Å². The van der Waals surface area contributed by atoms with Gasteiger partial charge in [-0.3, -0.25) is 0 Å². The van der Waals surface area contributed by atoms with E-state index >= 15 is 0 Å². The lowest BCUT2D eigenvalue weighted by atomic mass is 9.80. The highest BCUT2D eigenvalue weighted by Gasteiger charge is 2.34. The predicted octanol–water partition coefficient (Wildman–Crippen LogP) is 3.23. The first-order valence-corrected chi connectivity index (χ1v) is 6.14. The maximum atomic E-state index is 10.3. The summed E-state index contributed by atoms with van der Waals surface area (Å²) in [6.45, 7) is 13.3. The lowest BCUT2D eigenvalue weighted by Gasteiger charge is -2.36. The molecule has 1 N–H and O–H groups in total. The highest BCUT2D eigenvalue weighted by atomic mass is 16.5. The quantitative estimate of drug-likeness (QED) is 0.738.